The van der Waals surface area contributed by atoms with Crippen LogP contribution in [0.4, 0.5) is 0 Å². The second-order valence-electron chi connectivity index (χ2n) is 5.88. The largest absolute Gasteiger partial charge is 0.305 e. The summed E-state index contributed by atoms with van der Waals surface area (Å²) in [5.74, 6) is 0.681. The Morgan fingerprint density at radius 2 is 2.00 bits per heavy atom. The fraction of sp³-hybridized carbons (Fsp3) is 0.846. The number of nitrogens with zero attached hydrogens (tertiary/aromatic N) is 1. The van der Waals surface area contributed by atoms with Crippen LogP contribution in [0.2, 0.25) is 0 Å². The lowest BCUT2D eigenvalue weighted by Gasteiger charge is -2.31. The quantitative estimate of drug-likeness (QED) is 0.710. The molecular formula is C13H25NO2S. The van der Waals surface area contributed by atoms with E-state index in [1.165, 1.54) is 12.7 Å². The van der Waals surface area contributed by atoms with E-state index in [0.29, 0.717) is 12.5 Å². The SMILES string of the molecule is CN(CC1CC=CCC1)CC(C)(C)S(C)(=O)=O. The van der Waals surface area contributed by atoms with Gasteiger partial charge in [-0.25, -0.2) is 8.42 Å². The number of hydrogen-bond acceptors (Lipinski definition) is 3. The van der Waals surface area contributed by atoms with Gasteiger partial charge in [0.05, 0.1) is 4.75 Å². The summed E-state index contributed by atoms with van der Waals surface area (Å²) in [5, 5.41) is 0. The Balaban J connectivity index is 2.49. The van der Waals surface area contributed by atoms with E-state index in [4.69, 9.17) is 0 Å². The van der Waals surface area contributed by atoms with Gasteiger partial charge in [-0.1, -0.05) is 12.2 Å². The minimum Gasteiger partial charge on any atom is -0.305 e. The van der Waals surface area contributed by atoms with Crippen LogP contribution in [-0.4, -0.2) is 44.5 Å². The topological polar surface area (TPSA) is 37.4 Å². The maximum atomic E-state index is 11.6. The highest BCUT2D eigenvalue weighted by molar-refractivity contribution is 7.92. The van der Waals surface area contributed by atoms with Crippen LogP contribution in [0.5, 0.6) is 0 Å². The number of hydrogen-bond donors (Lipinski definition) is 0. The first-order valence-electron chi connectivity index (χ1n) is 6.25. The first kappa shape index (κ1) is 14.7. The molecule has 17 heavy (non-hydrogen) atoms. The molecule has 3 nitrogen and oxygen atoms in total. The molecule has 0 aromatic carbocycles. The van der Waals surface area contributed by atoms with Crippen molar-refractivity contribution in [3.63, 3.8) is 0 Å². The lowest BCUT2D eigenvalue weighted by Crippen LogP contribution is -2.43. The van der Waals surface area contributed by atoms with Crippen molar-refractivity contribution >= 4 is 9.84 Å². The molecule has 1 rings (SSSR count). The normalized spacial score (nSPS) is 22.1. The molecule has 0 aromatic rings. The molecule has 0 radical (unpaired) electrons. The van der Waals surface area contributed by atoms with Crippen LogP contribution in [0.15, 0.2) is 12.2 Å². The Morgan fingerprint density at radius 1 is 1.35 bits per heavy atom. The van der Waals surface area contributed by atoms with Crippen molar-refractivity contribution in [2.75, 3.05) is 26.4 Å². The lowest BCUT2D eigenvalue weighted by atomic mass is 9.94. The summed E-state index contributed by atoms with van der Waals surface area (Å²) >= 11 is 0. The molecule has 1 aliphatic rings. The average Bonchev–Trinajstić information content (AvgIpc) is 2.16. The Hall–Kier alpha value is -0.350. The molecule has 0 aromatic heterocycles. The molecule has 0 saturated heterocycles. The molecule has 0 fully saturated rings. The van der Waals surface area contributed by atoms with Gasteiger partial charge >= 0.3 is 0 Å². The Kier molecular flexibility index (Phi) is 4.78. The van der Waals surface area contributed by atoms with Crippen molar-refractivity contribution in [3.05, 3.63) is 12.2 Å². The Bertz CT molecular complexity index is 371. The molecule has 100 valence electrons. The van der Waals surface area contributed by atoms with Gasteiger partial charge in [-0.2, -0.15) is 0 Å². The number of sulfone groups is 1. The van der Waals surface area contributed by atoms with E-state index in [2.05, 4.69) is 17.1 Å². The van der Waals surface area contributed by atoms with Crippen LogP contribution in [0.3, 0.4) is 0 Å². The van der Waals surface area contributed by atoms with E-state index in [0.717, 1.165) is 19.4 Å². The average molecular weight is 259 g/mol. The minimum absolute atomic E-state index is 0.603. The van der Waals surface area contributed by atoms with Crippen molar-refractivity contribution < 1.29 is 8.42 Å². The van der Waals surface area contributed by atoms with Gasteiger partial charge in [0.25, 0.3) is 0 Å². The zero-order valence-electron chi connectivity index (χ0n) is 11.4. The summed E-state index contributed by atoms with van der Waals surface area (Å²) in [6.45, 7) is 5.20. The van der Waals surface area contributed by atoms with E-state index in [9.17, 15) is 8.42 Å². The molecule has 0 spiro atoms. The predicted molar refractivity (Wildman–Crippen MR) is 72.9 cm³/mol. The summed E-state index contributed by atoms with van der Waals surface area (Å²) in [6.07, 6.45) is 9.31. The molecule has 0 heterocycles. The highest BCUT2D eigenvalue weighted by atomic mass is 32.2. The fourth-order valence-corrected chi connectivity index (χ4v) is 2.75. The molecule has 0 bridgehead atoms. The van der Waals surface area contributed by atoms with Crippen LogP contribution in [0.25, 0.3) is 0 Å². The fourth-order valence-electron chi connectivity index (χ4n) is 2.29. The zero-order chi connectivity index (χ0) is 13.1. The third-order valence-electron chi connectivity index (χ3n) is 3.60. The predicted octanol–water partition coefficient (Wildman–Crippen LogP) is 2.10. The van der Waals surface area contributed by atoms with E-state index >= 15 is 0 Å². The van der Waals surface area contributed by atoms with Crippen LogP contribution >= 0.6 is 0 Å². The first-order chi connectivity index (χ1) is 7.72. The first-order valence-corrected chi connectivity index (χ1v) is 8.14. The van der Waals surface area contributed by atoms with Crippen LogP contribution in [-0.2, 0) is 9.84 Å². The molecule has 4 heteroatoms. The molecule has 1 atom stereocenters. The van der Waals surface area contributed by atoms with Gasteiger partial charge in [0.15, 0.2) is 9.84 Å². The minimum atomic E-state index is -2.99. The van der Waals surface area contributed by atoms with Crippen molar-refractivity contribution in [2.24, 2.45) is 5.92 Å². The van der Waals surface area contributed by atoms with Gasteiger partial charge in [-0.05, 0) is 46.1 Å². The van der Waals surface area contributed by atoms with E-state index < -0.39 is 14.6 Å². The van der Waals surface area contributed by atoms with Crippen LogP contribution in [0.1, 0.15) is 33.1 Å². The molecule has 0 aliphatic heterocycles. The monoisotopic (exact) mass is 259 g/mol. The smallest absolute Gasteiger partial charge is 0.153 e. The van der Waals surface area contributed by atoms with E-state index in [1.54, 1.807) is 13.8 Å². The van der Waals surface area contributed by atoms with Crippen LogP contribution in [0, 0.1) is 5.92 Å². The summed E-state index contributed by atoms with van der Waals surface area (Å²) in [7, 11) is -0.975. The van der Waals surface area contributed by atoms with E-state index in [-0.39, 0.29) is 0 Å². The van der Waals surface area contributed by atoms with E-state index in [1.807, 2.05) is 7.05 Å². The maximum Gasteiger partial charge on any atom is 0.153 e. The van der Waals surface area contributed by atoms with Crippen molar-refractivity contribution in [1.82, 2.24) is 4.90 Å². The molecule has 0 amide bonds. The van der Waals surface area contributed by atoms with Gasteiger partial charge in [-0.15, -0.1) is 0 Å². The van der Waals surface area contributed by atoms with Crippen molar-refractivity contribution in [2.45, 2.75) is 37.9 Å². The number of rotatable bonds is 5. The Morgan fingerprint density at radius 3 is 2.47 bits per heavy atom. The highest BCUT2D eigenvalue weighted by Crippen LogP contribution is 2.21. The summed E-state index contributed by atoms with van der Waals surface area (Å²) in [5.41, 5.74) is 0. The van der Waals surface area contributed by atoms with Crippen molar-refractivity contribution in [3.8, 4) is 0 Å². The molecule has 0 saturated carbocycles. The second kappa shape index (κ2) is 5.53. The third kappa shape index (κ3) is 4.43. The third-order valence-corrected chi connectivity index (χ3v) is 5.74. The summed E-state index contributed by atoms with van der Waals surface area (Å²) < 4.78 is 22.6. The van der Waals surface area contributed by atoms with Gasteiger partial charge in [0, 0.05) is 19.3 Å². The highest BCUT2D eigenvalue weighted by Gasteiger charge is 2.31. The standard InChI is InChI=1S/C13H25NO2S/c1-13(2,17(4,15)16)11-14(3)10-12-8-6-5-7-9-12/h5-6,12H,7-11H2,1-4H3. The van der Waals surface area contributed by atoms with Gasteiger partial charge in [0.2, 0.25) is 0 Å². The lowest BCUT2D eigenvalue weighted by molar-refractivity contribution is 0.247. The Labute approximate surface area is 106 Å². The molecule has 1 unspecified atom stereocenters. The molecule has 1 aliphatic carbocycles. The van der Waals surface area contributed by atoms with Gasteiger partial charge in [-0.3, -0.25) is 0 Å². The second-order valence-corrected chi connectivity index (χ2v) is 8.53. The van der Waals surface area contributed by atoms with Crippen LogP contribution < -0.4 is 0 Å². The summed E-state index contributed by atoms with van der Waals surface area (Å²) in [6, 6.07) is 0. The number of allylic oxidation sites excluding steroid dienone is 2. The maximum absolute atomic E-state index is 11.6. The van der Waals surface area contributed by atoms with Gasteiger partial charge in [0.1, 0.15) is 0 Å². The summed E-state index contributed by atoms with van der Waals surface area (Å²) in [4.78, 5) is 2.16. The van der Waals surface area contributed by atoms with Crippen molar-refractivity contribution in [1.29, 1.82) is 0 Å². The zero-order valence-corrected chi connectivity index (χ0v) is 12.3. The van der Waals surface area contributed by atoms with Gasteiger partial charge < -0.3 is 4.90 Å². The molecule has 0 N–H and O–H groups in total. The molecular weight excluding hydrogens is 234 g/mol.